The lowest BCUT2D eigenvalue weighted by Crippen LogP contribution is -1.98. The van der Waals surface area contributed by atoms with Crippen LogP contribution < -0.4 is 5.73 Å². The SMILES string of the molecule is CC.CC/C(C)=C\C=C(/C)CN. The predicted molar refractivity (Wildman–Crippen MR) is 58.2 cm³/mol. The highest BCUT2D eigenvalue weighted by molar-refractivity contribution is 5.15. The van der Waals surface area contributed by atoms with Crippen molar-refractivity contribution in [2.45, 2.75) is 41.0 Å². The van der Waals surface area contributed by atoms with E-state index in [4.69, 9.17) is 5.73 Å². The zero-order valence-corrected chi connectivity index (χ0v) is 9.15. The molecule has 72 valence electrons. The van der Waals surface area contributed by atoms with E-state index < -0.39 is 0 Å². The summed E-state index contributed by atoms with van der Waals surface area (Å²) < 4.78 is 0. The average molecular weight is 169 g/mol. The van der Waals surface area contributed by atoms with Crippen LogP contribution in [0.3, 0.4) is 0 Å². The van der Waals surface area contributed by atoms with E-state index in [1.165, 1.54) is 11.1 Å². The predicted octanol–water partition coefficient (Wildman–Crippen LogP) is 3.27. The van der Waals surface area contributed by atoms with Gasteiger partial charge in [0.2, 0.25) is 0 Å². The molecule has 1 heteroatoms. The van der Waals surface area contributed by atoms with Crippen LogP contribution in [0.25, 0.3) is 0 Å². The van der Waals surface area contributed by atoms with Gasteiger partial charge in [0.25, 0.3) is 0 Å². The molecule has 2 N–H and O–H groups in total. The molecule has 0 aromatic carbocycles. The van der Waals surface area contributed by atoms with Gasteiger partial charge in [-0.05, 0) is 20.3 Å². The molecule has 1 nitrogen and oxygen atoms in total. The Labute approximate surface area is 77.4 Å². The summed E-state index contributed by atoms with van der Waals surface area (Å²) in [6.45, 7) is 11.0. The Morgan fingerprint density at radius 2 is 1.50 bits per heavy atom. The van der Waals surface area contributed by atoms with Gasteiger partial charge in [-0.3, -0.25) is 0 Å². The van der Waals surface area contributed by atoms with Crippen LogP contribution in [0, 0.1) is 0 Å². The first-order valence-corrected chi connectivity index (χ1v) is 4.73. The van der Waals surface area contributed by atoms with Crippen LogP contribution in [0.2, 0.25) is 0 Å². The lowest BCUT2D eigenvalue weighted by atomic mass is 10.2. The summed E-state index contributed by atoms with van der Waals surface area (Å²) in [6.07, 6.45) is 5.33. The Bertz CT molecular complexity index is 125. The minimum atomic E-state index is 0.660. The number of allylic oxidation sites excluding steroid dienone is 3. The number of nitrogens with two attached hydrogens (primary N) is 1. The van der Waals surface area contributed by atoms with Gasteiger partial charge < -0.3 is 5.73 Å². The third kappa shape index (κ3) is 9.44. The van der Waals surface area contributed by atoms with Crippen LogP contribution in [0.1, 0.15) is 41.0 Å². The van der Waals surface area contributed by atoms with Crippen molar-refractivity contribution in [3.05, 3.63) is 23.3 Å². The summed E-state index contributed by atoms with van der Waals surface area (Å²) in [5, 5.41) is 0. The fourth-order valence-corrected chi connectivity index (χ4v) is 0.470. The maximum atomic E-state index is 5.40. The fraction of sp³-hybridized carbons (Fsp3) is 0.636. The van der Waals surface area contributed by atoms with E-state index in [0.29, 0.717) is 6.54 Å². The minimum absolute atomic E-state index is 0.660. The topological polar surface area (TPSA) is 26.0 Å². The molecule has 0 aromatic heterocycles. The molecule has 0 spiro atoms. The van der Waals surface area contributed by atoms with Crippen LogP contribution in [0.15, 0.2) is 23.3 Å². The summed E-state index contributed by atoms with van der Waals surface area (Å²) in [5.41, 5.74) is 8.03. The van der Waals surface area contributed by atoms with Crippen LogP contribution >= 0.6 is 0 Å². The monoisotopic (exact) mass is 169 g/mol. The van der Waals surface area contributed by atoms with E-state index in [9.17, 15) is 0 Å². The third-order valence-corrected chi connectivity index (χ3v) is 1.53. The molecule has 0 bridgehead atoms. The third-order valence-electron chi connectivity index (χ3n) is 1.53. The average Bonchev–Trinajstić information content (AvgIpc) is 2.16. The van der Waals surface area contributed by atoms with Gasteiger partial charge >= 0.3 is 0 Å². The van der Waals surface area contributed by atoms with E-state index in [2.05, 4.69) is 26.0 Å². The summed E-state index contributed by atoms with van der Waals surface area (Å²) >= 11 is 0. The molecule has 0 unspecified atom stereocenters. The van der Waals surface area contributed by atoms with E-state index >= 15 is 0 Å². The molecule has 0 rings (SSSR count). The molecule has 12 heavy (non-hydrogen) atoms. The lowest BCUT2D eigenvalue weighted by molar-refractivity contribution is 1.09. The van der Waals surface area contributed by atoms with Crippen molar-refractivity contribution in [2.75, 3.05) is 6.54 Å². The molecule has 0 amide bonds. The first-order valence-electron chi connectivity index (χ1n) is 4.73. The summed E-state index contributed by atoms with van der Waals surface area (Å²) in [4.78, 5) is 0. The molecule has 0 saturated carbocycles. The van der Waals surface area contributed by atoms with Crippen molar-refractivity contribution >= 4 is 0 Å². The van der Waals surface area contributed by atoms with E-state index in [-0.39, 0.29) is 0 Å². The normalized spacial score (nSPS) is 12.2. The molecule has 0 heterocycles. The van der Waals surface area contributed by atoms with E-state index in [1.807, 2.05) is 20.8 Å². The van der Waals surface area contributed by atoms with Crippen molar-refractivity contribution in [3.8, 4) is 0 Å². The van der Waals surface area contributed by atoms with Crippen molar-refractivity contribution in [1.82, 2.24) is 0 Å². The summed E-state index contributed by atoms with van der Waals surface area (Å²) in [7, 11) is 0. The first kappa shape index (κ1) is 14.0. The molecule has 0 radical (unpaired) electrons. The largest absolute Gasteiger partial charge is 0.327 e. The first-order chi connectivity index (χ1) is 5.70. The van der Waals surface area contributed by atoms with Crippen LogP contribution in [-0.4, -0.2) is 6.54 Å². The zero-order chi connectivity index (χ0) is 9.98. The van der Waals surface area contributed by atoms with Gasteiger partial charge in [0.15, 0.2) is 0 Å². The highest BCUT2D eigenvalue weighted by atomic mass is 14.5. The second-order valence-corrected chi connectivity index (χ2v) is 2.58. The number of hydrogen-bond donors (Lipinski definition) is 1. The highest BCUT2D eigenvalue weighted by Crippen LogP contribution is 1.99. The molecule has 0 atom stereocenters. The highest BCUT2D eigenvalue weighted by Gasteiger charge is 1.81. The molecule has 0 aliphatic rings. The van der Waals surface area contributed by atoms with Crippen molar-refractivity contribution in [1.29, 1.82) is 0 Å². The Morgan fingerprint density at radius 1 is 1.08 bits per heavy atom. The standard InChI is InChI=1S/C9H17N.C2H6/c1-4-8(2)5-6-9(3)7-10;1-2/h5-6H,4,7,10H2,1-3H3;1-2H3/b8-5-,9-6+;. The van der Waals surface area contributed by atoms with E-state index in [1.54, 1.807) is 0 Å². The smallest absolute Gasteiger partial charge is 0.0137 e. The number of hydrogen-bond acceptors (Lipinski definition) is 1. The zero-order valence-electron chi connectivity index (χ0n) is 9.15. The Hall–Kier alpha value is -0.560. The van der Waals surface area contributed by atoms with Gasteiger partial charge in [-0.15, -0.1) is 0 Å². The molecule has 0 aliphatic carbocycles. The van der Waals surface area contributed by atoms with Gasteiger partial charge in [0.1, 0.15) is 0 Å². The molecule has 0 aromatic rings. The minimum Gasteiger partial charge on any atom is -0.327 e. The quantitative estimate of drug-likeness (QED) is 0.645. The molecule has 0 aliphatic heterocycles. The maximum Gasteiger partial charge on any atom is 0.0137 e. The fourth-order valence-electron chi connectivity index (χ4n) is 0.470. The molecular weight excluding hydrogens is 146 g/mol. The lowest BCUT2D eigenvalue weighted by Gasteiger charge is -1.93. The van der Waals surface area contributed by atoms with Gasteiger partial charge in [-0.25, -0.2) is 0 Å². The number of rotatable bonds is 3. The summed E-state index contributed by atoms with van der Waals surface area (Å²) in [6, 6.07) is 0. The Morgan fingerprint density at radius 3 is 1.83 bits per heavy atom. The van der Waals surface area contributed by atoms with Gasteiger partial charge in [0, 0.05) is 6.54 Å². The van der Waals surface area contributed by atoms with E-state index in [0.717, 1.165) is 6.42 Å². The van der Waals surface area contributed by atoms with Crippen molar-refractivity contribution in [2.24, 2.45) is 5.73 Å². The Kier molecular flexibility index (Phi) is 12.2. The van der Waals surface area contributed by atoms with Crippen molar-refractivity contribution in [3.63, 3.8) is 0 Å². The second-order valence-electron chi connectivity index (χ2n) is 2.58. The molecular formula is C11H23N. The van der Waals surface area contributed by atoms with Crippen LogP contribution in [-0.2, 0) is 0 Å². The van der Waals surface area contributed by atoms with Crippen LogP contribution in [0.4, 0.5) is 0 Å². The van der Waals surface area contributed by atoms with Gasteiger partial charge in [-0.1, -0.05) is 44.1 Å². The van der Waals surface area contributed by atoms with Gasteiger partial charge in [0.05, 0.1) is 0 Å². The van der Waals surface area contributed by atoms with Gasteiger partial charge in [-0.2, -0.15) is 0 Å². The maximum absolute atomic E-state index is 5.40. The second kappa shape index (κ2) is 10.4. The molecule has 0 fully saturated rings. The summed E-state index contributed by atoms with van der Waals surface area (Å²) in [5.74, 6) is 0. The van der Waals surface area contributed by atoms with Crippen LogP contribution in [0.5, 0.6) is 0 Å². The Balaban J connectivity index is 0. The molecule has 0 saturated heterocycles. The van der Waals surface area contributed by atoms with Crippen molar-refractivity contribution < 1.29 is 0 Å².